The zero-order chi connectivity index (χ0) is 18.0. The fourth-order valence-electron chi connectivity index (χ4n) is 2.43. The van der Waals surface area contributed by atoms with Gasteiger partial charge in [-0.1, -0.05) is 30.0 Å². The number of carbonyl (C=O) groups excluding carboxylic acids is 2. The number of aryl methyl sites for hydroxylation is 1. The number of nitrogens with one attached hydrogen (secondary N) is 1. The minimum atomic E-state index is -0.552. The topological polar surface area (TPSA) is 85.1 Å². The molecule has 2 heterocycles. The molecule has 7 heteroatoms. The van der Waals surface area contributed by atoms with Crippen molar-refractivity contribution < 1.29 is 9.59 Å². The molecule has 0 aliphatic rings. The highest BCUT2D eigenvalue weighted by Gasteiger charge is 2.19. The van der Waals surface area contributed by atoms with Crippen LogP contribution < -0.4 is 11.1 Å². The number of pyridine rings is 1. The monoisotopic (exact) mass is 371 g/mol. The molecule has 0 saturated heterocycles. The molecule has 1 unspecified atom stereocenters. The fourth-order valence-corrected chi connectivity index (χ4v) is 4.15. The molecule has 0 bridgehead atoms. The van der Waals surface area contributed by atoms with E-state index in [4.69, 9.17) is 5.73 Å². The molecule has 128 valence electrons. The van der Waals surface area contributed by atoms with Crippen molar-refractivity contribution in [2.75, 3.05) is 5.32 Å². The summed E-state index contributed by atoms with van der Waals surface area (Å²) in [5, 5.41) is 6.51. The Labute approximate surface area is 153 Å². The molecule has 3 rings (SSSR count). The number of para-hydroxylation sites is 1. The van der Waals surface area contributed by atoms with Crippen LogP contribution in [0.1, 0.15) is 22.8 Å². The first-order valence-electron chi connectivity index (χ1n) is 7.67. The number of primary amides is 1. The van der Waals surface area contributed by atoms with Crippen molar-refractivity contribution in [2.24, 2.45) is 5.73 Å². The number of hydrogen-bond donors (Lipinski definition) is 2. The zero-order valence-corrected chi connectivity index (χ0v) is 15.4. The number of thioether (sulfide) groups is 1. The van der Waals surface area contributed by atoms with Gasteiger partial charge in [0.2, 0.25) is 5.91 Å². The zero-order valence-electron chi connectivity index (χ0n) is 13.8. The van der Waals surface area contributed by atoms with E-state index in [2.05, 4.69) is 10.3 Å². The van der Waals surface area contributed by atoms with Crippen LogP contribution in [0.4, 0.5) is 5.00 Å². The highest BCUT2D eigenvalue weighted by atomic mass is 32.2. The summed E-state index contributed by atoms with van der Waals surface area (Å²) in [4.78, 5) is 28.4. The maximum absolute atomic E-state index is 12.4. The maximum Gasteiger partial charge on any atom is 0.251 e. The first kappa shape index (κ1) is 17.4. The van der Waals surface area contributed by atoms with Gasteiger partial charge in [-0.05, 0) is 43.0 Å². The molecule has 3 N–H and O–H groups in total. The molecule has 0 radical (unpaired) electrons. The van der Waals surface area contributed by atoms with Crippen LogP contribution in [0.15, 0.2) is 46.8 Å². The van der Waals surface area contributed by atoms with Crippen LogP contribution in [-0.2, 0) is 4.79 Å². The Bertz CT molecular complexity index is 952. The minimum absolute atomic E-state index is 0.192. The van der Waals surface area contributed by atoms with Crippen LogP contribution in [0.5, 0.6) is 0 Å². The van der Waals surface area contributed by atoms with Crippen molar-refractivity contribution in [2.45, 2.75) is 24.1 Å². The van der Waals surface area contributed by atoms with Gasteiger partial charge in [-0.15, -0.1) is 11.3 Å². The van der Waals surface area contributed by atoms with E-state index in [1.165, 1.54) is 23.1 Å². The first-order valence-corrected chi connectivity index (χ1v) is 9.43. The number of anilines is 1. The van der Waals surface area contributed by atoms with Crippen LogP contribution in [0, 0.1) is 6.92 Å². The molecule has 25 heavy (non-hydrogen) atoms. The van der Waals surface area contributed by atoms with Gasteiger partial charge in [0, 0.05) is 5.39 Å². The van der Waals surface area contributed by atoms with Crippen LogP contribution >= 0.6 is 23.1 Å². The Balaban J connectivity index is 1.75. The SMILES string of the molecule is Cc1cc(SC(C)C(=O)Nc2sccc2C(N)=O)nc2ccccc12. The highest BCUT2D eigenvalue weighted by Crippen LogP contribution is 2.28. The lowest BCUT2D eigenvalue weighted by molar-refractivity contribution is -0.115. The van der Waals surface area contributed by atoms with Gasteiger partial charge >= 0.3 is 0 Å². The molecule has 0 aliphatic heterocycles. The van der Waals surface area contributed by atoms with Gasteiger partial charge in [-0.2, -0.15) is 0 Å². The lowest BCUT2D eigenvalue weighted by Gasteiger charge is -2.12. The number of fused-ring (bicyclic) bond motifs is 1. The smallest absolute Gasteiger partial charge is 0.251 e. The third-order valence-electron chi connectivity index (χ3n) is 3.73. The Kier molecular flexibility index (Phi) is 5.06. The number of nitrogens with zero attached hydrogens (tertiary/aromatic N) is 1. The van der Waals surface area contributed by atoms with Gasteiger partial charge < -0.3 is 11.1 Å². The van der Waals surface area contributed by atoms with Crippen molar-refractivity contribution in [1.29, 1.82) is 0 Å². The summed E-state index contributed by atoms with van der Waals surface area (Å²) in [7, 11) is 0. The summed E-state index contributed by atoms with van der Waals surface area (Å²) in [6.07, 6.45) is 0. The lowest BCUT2D eigenvalue weighted by Crippen LogP contribution is -2.23. The standard InChI is InChI=1S/C18H17N3O2S2/c1-10-9-15(20-14-6-4-3-5-12(10)14)25-11(2)17(23)21-18-13(16(19)22)7-8-24-18/h3-9,11H,1-2H3,(H2,19,22)(H,21,23). The average molecular weight is 371 g/mol. The molecule has 0 spiro atoms. The molecule has 0 aliphatic carbocycles. The Morgan fingerprint density at radius 1 is 1.28 bits per heavy atom. The van der Waals surface area contributed by atoms with Crippen LogP contribution in [-0.4, -0.2) is 22.0 Å². The molecular formula is C18H17N3O2S2. The van der Waals surface area contributed by atoms with Gasteiger partial charge in [0.1, 0.15) is 5.00 Å². The maximum atomic E-state index is 12.4. The molecule has 0 saturated carbocycles. The lowest BCUT2D eigenvalue weighted by atomic mass is 10.1. The third-order valence-corrected chi connectivity index (χ3v) is 5.58. The molecule has 1 aromatic carbocycles. The number of hydrogen-bond acceptors (Lipinski definition) is 5. The van der Waals surface area contributed by atoms with Gasteiger partial charge in [-0.25, -0.2) is 4.98 Å². The Morgan fingerprint density at radius 3 is 2.80 bits per heavy atom. The van der Waals surface area contributed by atoms with Crippen molar-refractivity contribution in [3.63, 3.8) is 0 Å². The average Bonchev–Trinajstić information content (AvgIpc) is 3.03. The molecule has 0 fully saturated rings. The first-order chi connectivity index (χ1) is 12.0. The van der Waals surface area contributed by atoms with Crippen LogP contribution in [0.25, 0.3) is 10.9 Å². The number of nitrogens with two attached hydrogens (primary N) is 1. The van der Waals surface area contributed by atoms with E-state index in [-0.39, 0.29) is 11.2 Å². The van der Waals surface area contributed by atoms with E-state index in [0.29, 0.717) is 10.6 Å². The van der Waals surface area contributed by atoms with E-state index in [1.54, 1.807) is 11.4 Å². The summed E-state index contributed by atoms with van der Waals surface area (Å²) in [6.45, 7) is 3.84. The summed E-state index contributed by atoms with van der Waals surface area (Å²) < 4.78 is 0. The normalized spacial score (nSPS) is 12.1. The highest BCUT2D eigenvalue weighted by molar-refractivity contribution is 8.00. The molecule has 3 aromatic rings. The van der Waals surface area contributed by atoms with Crippen molar-refractivity contribution in [3.05, 3.63) is 52.9 Å². The fraction of sp³-hybridized carbons (Fsp3) is 0.167. The van der Waals surface area contributed by atoms with Crippen LogP contribution in [0.2, 0.25) is 0 Å². The van der Waals surface area contributed by atoms with Gasteiger partial charge in [0.25, 0.3) is 5.91 Å². The van der Waals surface area contributed by atoms with Gasteiger partial charge in [0.15, 0.2) is 0 Å². The minimum Gasteiger partial charge on any atom is -0.366 e. The number of benzene rings is 1. The van der Waals surface area contributed by atoms with E-state index >= 15 is 0 Å². The van der Waals surface area contributed by atoms with E-state index in [0.717, 1.165) is 21.5 Å². The number of aromatic nitrogens is 1. The van der Waals surface area contributed by atoms with Gasteiger partial charge in [0.05, 0.1) is 21.4 Å². The predicted octanol–water partition coefficient (Wildman–Crippen LogP) is 3.82. The largest absolute Gasteiger partial charge is 0.366 e. The van der Waals surface area contributed by atoms with Crippen LogP contribution in [0.3, 0.4) is 0 Å². The second-order valence-electron chi connectivity index (χ2n) is 5.57. The summed E-state index contributed by atoms with van der Waals surface area (Å²) >= 11 is 2.66. The van der Waals surface area contributed by atoms with Crippen molar-refractivity contribution in [3.8, 4) is 0 Å². The summed E-state index contributed by atoms with van der Waals surface area (Å²) in [5.41, 5.74) is 7.66. The van der Waals surface area contributed by atoms with E-state index < -0.39 is 5.91 Å². The Morgan fingerprint density at radius 2 is 2.04 bits per heavy atom. The number of amides is 2. The molecule has 2 aromatic heterocycles. The van der Waals surface area contributed by atoms with Gasteiger partial charge in [-0.3, -0.25) is 9.59 Å². The third kappa shape index (κ3) is 3.83. The Hall–Kier alpha value is -2.38. The van der Waals surface area contributed by atoms with E-state index in [1.807, 2.05) is 44.2 Å². The number of thiophene rings is 1. The molecule has 2 amide bonds. The predicted molar refractivity (Wildman–Crippen MR) is 103 cm³/mol. The molecular weight excluding hydrogens is 354 g/mol. The van der Waals surface area contributed by atoms with Crippen molar-refractivity contribution >= 4 is 50.8 Å². The van der Waals surface area contributed by atoms with Crippen molar-refractivity contribution in [1.82, 2.24) is 4.98 Å². The summed E-state index contributed by atoms with van der Waals surface area (Å²) in [5.74, 6) is -0.744. The second kappa shape index (κ2) is 7.25. The summed E-state index contributed by atoms with van der Waals surface area (Å²) in [6, 6.07) is 11.5. The number of carbonyl (C=O) groups is 2. The molecule has 5 nitrogen and oxygen atoms in total. The molecule has 1 atom stereocenters. The van der Waals surface area contributed by atoms with E-state index in [9.17, 15) is 9.59 Å². The number of rotatable bonds is 5. The quantitative estimate of drug-likeness (QED) is 0.668. The second-order valence-corrected chi connectivity index (χ2v) is 7.85.